The number of nitrogens with zero attached hydrogens (tertiary/aromatic N) is 1. The fourth-order valence-electron chi connectivity index (χ4n) is 1.50. The van der Waals surface area contributed by atoms with Gasteiger partial charge in [0.15, 0.2) is 0 Å². The third-order valence-corrected chi connectivity index (χ3v) is 2.88. The summed E-state index contributed by atoms with van der Waals surface area (Å²) in [7, 11) is 0. The van der Waals surface area contributed by atoms with Crippen LogP contribution in [0.5, 0.6) is 0 Å². The molecule has 0 aliphatic heterocycles. The van der Waals surface area contributed by atoms with Gasteiger partial charge in [-0.3, -0.25) is 0 Å². The second-order valence-electron chi connectivity index (χ2n) is 3.82. The van der Waals surface area contributed by atoms with Crippen LogP contribution in [0, 0.1) is 0 Å². The molecule has 1 aromatic rings. The second kappa shape index (κ2) is 4.45. The Labute approximate surface area is 80.8 Å². The van der Waals surface area contributed by atoms with Gasteiger partial charge < -0.3 is 4.98 Å². The molecular weight excluding hydrogens is 160 g/mol. The largest absolute Gasteiger partial charge is 0.348 e. The Morgan fingerprint density at radius 2 is 1.85 bits per heavy atom. The van der Waals surface area contributed by atoms with Crippen molar-refractivity contribution < 1.29 is 0 Å². The van der Waals surface area contributed by atoms with E-state index in [1.165, 1.54) is 17.8 Å². The molecule has 2 atom stereocenters. The molecule has 1 rings (SSSR count). The van der Waals surface area contributed by atoms with E-state index in [1.54, 1.807) is 0 Å². The predicted molar refractivity (Wildman–Crippen MR) is 56.0 cm³/mol. The zero-order valence-electron chi connectivity index (χ0n) is 9.09. The first kappa shape index (κ1) is 10.3. The molecule has 74 valence electrons. The summed E-state index contributed by atoms with van der Waals surface area (Å²) < 4.78 is 0. The maximum atomic E-state index is 4.40. The maximum Gasteiger partial charge on any atom is 0.0925 e. The molecule has 0 saturated carbocycles. The molecule has 1 N–H and O–H groups in total. The molecule has 2 nitrogen and oxygen atoms in total. The van der Waals surface area contributed by atoms with E-state index >= 15 is 0 Å². The Morgan fingerprint density at radius 1 is 1.23 bits per heavy atom. The fourth-order valence-corrected chi connectivity index (χ4v) is 1.50. The van der Waals surface area contributed by atoms with Gasteiger partial charge in [0, 0.05) is 5.69 Å². The monoisotopic (exact) mass is 180 g/mol. The minimum atomic E-state index is 0.579. The van der Waals surface area contributed by atoms with Crippen LogP contribution in [0.2, 0.25) is 0 Å². The van der Waals surface area contributed by atoms with Crippen LogP contribution in [0.3, 0.4) is 0 Å². The van der Waals surface area contributed by atoms with Crippen LogP contribution in [0.4, 0.5) is 0 Å². The summed E-state index contributed by atoms with van der Waals surface area (Å²) in [4.78, 5) is 7.66. The summed E-state index contributed by atoms with van der Waals surface area (Å²) in [6.07, 6.45) is 4.16. The first-order valence-corrected chi connectivity index (χ1v) is 5.23. The van der Waals surface area contributed by atoms with Crippen LogP contribution in [0.25, 0.3) is 0 Å². The summed E-state index contributed by atoms with van der Waals surface area (Å²) in [6.45, 7) is 8.91. The van der Waals surface area contributed by atoms with Crippen molar-refractivity contribution in [2.45, 2.75) is 52.4 Å². The number of rotatable bonds is 4. The number of nitrogens with one attached hydrogen (secondary N) is 1. The first-order valence-electron chi connectivity index (χ1n) is 5.23. The van der Waals surface area contributed by atoms with Crippen LogP contribution >= 0.6 is 0 Å². The highest BCUT2D eigenvalue weighted by atomic mass is 14.9. The summed E-state index contributed by atoms with van der Waals surface area (Å²) in [5, 5.41) is 0. The molecule has 0 aliphatic rings. The Morgan fingerprint density at radius 3 is 2.38 bits per heavy atom. The van der Waals surface area contributed by atoms with Gasteiger partial charge in [0.1, 0.15) is 0 Å². The fraction of sp³-hybridized carbons (Fsp3) is 0.727. The predicted octanol–water partition coefficient (Wildman–Crippen LogP) is 3.44. The summed E-state index contributed by atoms with van der Waals surface area (Å²) >= 11 is 0. The lowest BCUT2D eigenvalue weighted by Crippen LogP contribution is -2.01. The zero-order valence-corrected chi connectivity index (χ0v) is 9.09. The highest BCUT2D eigenvalue weighted by Crippen LogP contribution is 2.26. The SMILES string of the molecule is CCC(C)c1nc[nH]c1C(C)CC. The zero-order chi connectivity index (χ0) is 9.84. The molecule has 0 bridgehead atoms. The van der Waals surface area contributed by atoms with Crippen molar-refractivity contribution in [3.8, 4) is 0 Å². The third-order valence-electron chi connectivity index (χ3n) is 2.88. The van der Waals surface area contributed by atoms with Crippen LogP contribution in [0.1, 0.15) is 63.8 Å². The molecule has 13 heavy (non-hydrogen) atoms. The molecule has 2 unspecified atom stereocenters. The lowest BCUT2D eigenvalue weighted by molar-refractivity contribution is 0.655. The Balaban J connectivity index is 2.88. The Bertz CT molecular complexity index is 228. The summed E-state index contributed by atoms with van der Waals surface area (Å²) in [5.74, 6) is 1.18. The number of H-pyrrole nitrogens is 1. The Hall–Kier alpha value is -0.790. The number of aromatic nitrogens is 2. The van der Waals surface area contributed by atoms with Crippen molar-refractivity contribution in [1.82, 2.24) is 9.97 Å². The van der Waals surface area contributed by atoms with E-state index in [0.717, 1.165) is 6.42 Å². The van der Waals surface area contributed by atoms with E-state index in [0.29, 0.717) is 11.8 Å². The minimum Gasteiger partial charge on any atom is -0.348 e. The van der Waals surface area contributed by atoms with E-state index < -0.39 is 0 Å². The molecular formula is C11H20N2. The maximum absolute atomic E-state index is 4.40. The topological polar surface area (TPSA) is 28.7 Å². The highest BCUT2D eigenvalue weighted by molar-refractivity contribution is 5.19. The number of hydrogen-bond acceptors (Lipinski definition) is 1. The lowest BCUT2D eigenvalue weighted by Gasteiger charge is -2.12. The number of hydrogen-bond donors (Lipinski definition) is 1. The smallest absolute Gasteiger partial charge is 0.0925 e. The van der Waals surface area contributed by atoms with Crippen molar-refractivity contribution >= 4 is 0 Å². The Kier molecular flexibility index (Phi) is 3.52. The highest BCUT2D eigenvalue weighted by Gasteiger charge is 2.15. The third kappa shape index (κ3) is 2.11. The molecule has 0 saturated heterocycles. The van der Waals surface area contributed by atoms with Gasteiger partial charge in [-0.05, 0) is 24.7 Å². The van der Waals surface area contributed by atoms with E-state index in [9.17, 15) is 0 Å². The average molecular weight is 180 g/mol. The van der Waals surface area contributed by atoms with E-state index in [2.05, 4.69) is 37.7 Å². The molecule has 0 fully saturated rings. The van der Waals surface area contributed by atoms with Gasteiger partial charge in [0.25, 0.3) is 0 Å². The first-order chi connectivity index (χ1) is 6.20. The quantitative estimate of drug-likeness (QED) is 0.755. The van der Waals surface area contributed by atoms with Crippen molar-refractivity contribution in [2.75, 3.05) is 0 Å². The van der Waals surface area contributed by atoms with Crippen molar-refractivity contribution in [2.24, 2.45) is 0 Å². The molecule has 0 amide bonds. The standard InChI is InChI=1S/C11H20N2/c1-5-8(3)10-11(9(4)6-2)13-7-12-10/h7-9H,5-6H2,1-4H3,(H,12,13). The number of imidazole rings is 1. The molecule has 1 heterocycles. The lowest BCUT2D eigenvalue weighted by atomic mass is 9.96. The van der Waals surface area contributed by atoms with E-state index in [1.807, 2.05) is 6.33 Å². The van der Waals surface area contributed by atoms with Gasteiger partial charge in [-0.2, -0.15) is 0 Å². The van der Waals surface area contributed by atoms with Crippen molar-refractivity contribution in [3.63, 3.8) is 0 Å². The van der Waals surface area contributed by atoms with Gasteiger partial charge in [0.05, 0.1) is 12.0 Å². The molecule has 1 aromatic heterocycles. The molecule has 2 heteroatoms. The second-order valence-corrected chi connectivity index (χ2v) is 3.82. The average Bonchev–Trinajstić information content (AvgIpc) is 2.63. The molecule has 0 aliphatic carbocycles. The summed E-state index contributed by atoms with van der Waals surface area (Å²) in [5.41, 5.74) is 2.59. The van der Waals surface area contributed by atoms with Crippen LogP contribution < -0.4 is 0 Å². The van der Waals surface area contributed by atoms with Crippen LogP contribution in [-0.4, -0.2) is 9.97 Å². The van der Waals surface area contributed by atoms with Gasteiger partial charge >= 0.3 is 0 Å². The molecule has 0 aromatic carbocycles. The van der Waals surface area contributed by atoms with Gasteiger partial charge in [0.2, 0.25) is 0 Å². The molecule has 0 radical (unpaired) electrons. The van der Waals surface area contributed by atoms with E-state index in [4.69, 9.17) is 0 Å². The van der Waals surface area contributed by atoms with Crippen LogP contribution in [0.15, 0.2) is 6.33 Å². The van der Waals surface area contributed by atoms with E-state index in [-0.39, 0.29) is 0 Å². The van der Waals surface area contributed by atoms with Crippen molar-refractivity contribution in [3.05, 3.63) is 17.7 Å². The van der Waals surface area contributed by atoms with Crippen LogP contribution in [-0.2, 0) is 0 Å². The van der Waals surface area contributed by atoms with Gasteiger partial charge in [-0.25, -0.2) is 4.98 Å². The number of aromatic amines is 1. The summed E-state index contributed by atoms with van der Waals surface area (Å²) in [6, 6.07) is 0. The van der Waals surface area contributed by atoms with Gasteiger partial charge in [-0.15, -0.1) is 0 Å². The normalized spacial score (nSPS) is 15.7. The van der Waals surface area contributed by atoms with Gasteiger partial charge in [-0.1, -0.05) is 27.7 Å². The molecule has 0 spiro atoms. The minimum absolute atomic E-state index is 0.579. The van der Waals surface area contributed by atoms with Crippen molar-refractivity contribution in [1.29, 1.82) is 0 Å².